The minimum absolute atomic E-state index is 0.862. The lowest BCUT2D eigenvalue weighted by molar-refractivity contribution is 0.342. The largest absolute Gasteiger partial charge is 0.293 e. The van der Waals surface area contributed by atoms with Crippen LogP contribution in [0.4, 0.5) is 0 Å². The van der Waals surface area contributed by atoms with Gasteiger partial charge in [0.2, 0.25) is 0 Å². The van der Waals surface area contributed by atoms with Crippen molar-refractivity contribution in [2.75, 3.05) is 19.6 Å². The Morgan fingerprint density at radius 2 is 1.80 bits per heavy atom. The minimum Gasteiger partial charge on any atom is -0.293 e. The number of aryl methyl sites for hydroxylation is 1. The summed E-state index contributed by atoms with van der Waals surface area (Å²) >= 11 is 0. The fourth-order valence-corrected chi connectivity index (χ4v) is 1.41. The standard InChI is InChI=1S/C14H19N/c1-4-15(5-2)12-8-11-14-10-7-6-9-13(14)3/h6-7,9-10H,4-5,12H2,1-3H3. The van der Waals surface area contributed by atoms with Crippen LogP contribution in [-0.4, -0.2) is 24.5 Å². The summed E-state index contributed by atoms with van der Waals surface area (Å²) in [4.78, 5) is 2.31. The van der Waals surface area contributed by atoms with E-state index in [4.69, 9.17) is 0 Å². The molecule has 0 spiro atoms. The molecule has 0 aliphatic carbocycles. The zero-order valence-electron chi connectivity index (χ0n) is 9.88. The van der Waals surface area contributed by atoms with Gasteiger partial charge in [0.25, 0.3) is 0 Å². The molecule has 0 saturated carbocycles. The summed E-state index contributed by atoms with van der Waals surface area (Å²) in [6.45, 7) is 9.43. The molecule has 15 heavy (non-hydrogen) atoms. The molecule has 0 amide bonds. The first-order valence-electron chi connectivity index (χ1n) is 5.54. The van der Waals surface area contributed by atoms with Gasteiger partial charge in [-0.05, 0) is 31.6 Å². The molecule has 0 bridgehead atoms. The van der Waals surface area contributed by atoms with Gasteiger partial charge in [0.1, 0.15) is 0 Å². The van der Waals surface area contributed by atoms with Gasteiger partial charge in [0.15, 0.2) is 0 Å². The molecule has 1 heteroatoms. The highest BCUT2D eigenvalue weighted by Gasteiger charge is 1.94. The maximum Gasteiger partial charge on any atom is 0.0605 e. The van der Waals surface area contributed by atoms with Crippen molar-refractivity contribution in [3.63, 3.8) is 0 Å². The van der Waals surface area contributed by atoms with Crippen molar-refractivity contribution in [3.8, 4) is 11.8 Å². The van der Waals surface area contributed by atoms with E-state index in [1.807, 2.05) is 12.1 Å². The van der Waals surface area contributed by atoms with Crippen LogP contribution in [0.1, 0.15) is 25.0 Å². The molecule has 1 nitrogen and oxygen atoms in total. The van der Waals surface area contributed by atoms with Gasteiger partial charge >= 0.3 is 0 Å². The highest BCUT2D eigenvalue weighted by atomic mass is 15.1. The fourth-order valence-electron chi connectivity index (χ4n) is 1.41. The second-order valence-corrected chi connectivity index (χ2v) is 3.58. The fraction of sp³-hybridized carbons (Fsp3) is 0.429. The molecule has 1 rings (SSSR count). The van der Waals surface area contributed by atoms with E-state index in [-0.39, 0.29) is 0 Å². The Labute approximate surface area is 93.1 Å². The van der Waals surface area contributed by atoms with Crippen molar-refractivity contribution in [3.05, 3.63) is 35.4 Å². The van der Waals surface area contributed by atoms with Gasteiger partial charge in [-0.15, -0.1) is 0 Å². The Hall–Kier alpha value is -1.26. The summed E-state index contributed by atoms with van der Waals surface area (Å²) in [5.74, 6) is 6.44. The Morgan fingerprint density at radius 3 is 2.40 bits per heavy atom. The maximum absolute atomic E-state index is 3.22. The lowest BCUT2D eigenvalue weighted by atomic mass is 10.1. The van der Waals surface area contributed by atoms with Crippen LogP contribution in [0.3, 0.4) is 0 Å². The van der Waals surface area contributed by atoms with Crippen molar-refractivity contribution >= 4 is 0 Å². The van der Waals surface area contributed by atoms with E-state index in [2.05, 4.69) is 49.6 Å². The van der Waals surface area contributed by atoms with Crippen molar-refractivity contribution in [1.82, 2.24) is 4.90 Å². The third kappa shape index (κ3) is 3.77. The average Bonchev–Trinajstić information content (AvgIpc) is 2.27. The monoisotopic (exact) mass is 201 g/mol. The normalized spacial score (nSPS) is 9.87. The van der Waals surface area contributed by atoms with E-state index in [0.717, 1.165) is 25.2 Å². The van der Waals surface area contributed by atoms with Gasteiger partial charge < -0.3 is 0 Å². The van der Waals surface area contributed by atoms with Crippen LogP contribution in [0.5, 0.6) is 0 Å². The topological polar surface area (TPSA) is 3.24 Å². The van der Waals surface area contributed by atoms with E-state index in [1.165, 1.54) is 5.56 Å². The summed E-state index contributed by atoms with van der Waals surface area (Å²) in [6.07, 6.45) is 0. The van der Waals surface area contributed by atoms with Crippen LogP contribution in [0.25, 0.3) is 0 Å². The quantitative estimate of drug-likeness (QED) is 0.680. The summed E-state index contributed by atoms with van der Waals surface area (Å²) in [5, 5.41) is 0. The first-order valence-corrected chi connectivity index (χ1v) is 5.54. The molecule has 0 aliphatic rings. The van der Waals surface area contributed by atoms with E-state index >= 15 is 0 Å². The van der Waals surface area contributed by atoms with Crippen LogP contribution >= 0.6 is 0 Å². The van der Waals surface area contributed by atoms with Gasteiger partial charge in [0.05, 0.1) is 6.54 Å². The molecule has 0 unspecified atom stereocenters. The Morgan fingerprint density at radius 1 is 1.13 bits per heavy atom. The lowest BCUT2D eigenvalue weighted by Crippen LogP contribution is -2.22. The molecular weight excluding hydrogens is 182 g/mol. The van der Waals surface area contributed by atoms with E-state index < -0.39 is 0 Å². The van der Waals surface area contributed by atoms with Crippen molar-refractivity contribution < 1.29 is 0 Å². The Bertz CT molecular complexity index is 353. The SMILES string of the molecule is CCN(CC)CC#Cc1ccccc1C. The number of benzene rings is 1. The average molecular weight is 201 g/mol. The maximum atomic E-state index is 3.22. The third-order valence-electron chi connectivity index (χ3n) is 2.57. The highest BCUT2D eigenvalue weighted by molar-refractivity contribution is 5.40. The van der Waals surface area contributed by atoms with Gasteiger partial charge in [-0.2, -0.15) is 0 Å². The first-order chi connectivity index (χ1) is 7.27. The van der Waals surface area contributed by atoms with Crippen LogP contribution < -0.4 is 0 Å². The molecule has 1 aromatic rings. The van der Waals surface area contributed by atoms with Gasteiger partial charge in [-0.3, -0.25) is 4.90 Å². The summed E-state index contributed by atoms with van der Waals surface area (Å²) in [7, 11) is 0. The molecule has 0 heterocycles. The second-order valence-electron chi connectivity index (χ2n) is 3.58. The third-order valence-corrected chi connectivity index (χ3v) is 2.57. The Kier molecular flexibility index (Phi) is 4.93. The van der Waals surface area contributed by atoms with Gasteiger partial charge in [-0.25, -0.2) is 0 Å². The van der Waals surface area contributed by atoms with Gasteiger partial charge in [-0.1, -0.05) is 43.9 Å². The Balaban J connectivity index is 2.62. The molecule has 1 aromatic carbocycles. The van der Waals surface area contributed by atoms with Crippen molar-refractivity contribution in [2.24, 2.45) is 0 Å². The number of nitrogens with zero attached hydrogens (tertiary/aromatic N) is 1. The summed E-state index contributed by atoms with van der Waals surface area (Å²) in [6, 6.07) is 8.26. The lowest BCUT2D eigenvalue weighted by Gasteiger charge is -2.13. The van der Waals surface area contributed by atoms with E-state index in [9.17, 15) is 0 Å². The molecule has 0 saturated heterocycles. The highest BCUT2D eigenvalue weighted by Crippen LogP contribution is 2.04. The van der Waals surface area contributed by atoms with Crippen LogP contribution in [0, 0.1) is 18.8 Å². The predicted octanol–water partition coefficient (Wildman–Crippen LogP) is 2.69. The van der Waals surface area contributed by atoms with E-state index in [0.29, 0.717) is 0 Å². The second kappa shape index (κ2) is 6.27. The smallest absolute Gasteiger partial charge is 0.0605 e. The van der Waals surface area contributed by atoms with Crippen LogP contribution in [0.15, 0.2) is 24.3 Å². The molecule has 0 atom stereocenters. The van der Waals surface area contributed by atoms with Crippen LogP contribution in [-0.2, 0) is 0 Å². The number of rotatable bonds is 3. The molecule has 0 aromatic heterocycles. The summed E-state index contributed by atoms with van der Waals surface area (Å²) in [5.41, 5.74) is 2.40. The molecule has 0 aliphatic heterocycles. The zero-order chi connectivity index (χ0) is 11.1. The predicted molar refractivity (Wildman–Crippen MR) is 65.8 cm³/mol. The van der Waals surface area contributed by atoms with Crippen molar-refractivity contribution in [1.29, 1.82) is 0 Å². The first kappa shape index (κ1) is 11.8. The van der Waals surface area contributed by atoms with Gasteiger partial charge in [0, 0.05) is 5.56 Å². The molecule has 0 fully saturated rings. The molecule has 0 radical (unpaired) electrons. The minimum atomic E-state index is 0.862. The zero-order valence-corrected chi connectivity index (χ0v) is 9.88. The number of hydrogen-bond acceptors (Lipinski definition) is 1. The number of hydrogen-bond donors (Lipinski definition) is 0. The van der Waals surface area contributed by atoms with Crippen molar-refractivity contribution in [2.45, 2.75) is 20.8 Å². The summed E-state index contributed by atoms with van der Waals surface area (Å²) < 4.78 is 0. The molecular formula is C14H19N. The molecule has 0 N–H and O–H groups in total. The van der Waals surface area contributed by atoms with E-state index in [1.54, 1.807) is 0 Å². The van der Waals surface area contributed by atoms with Crippen LogP contribution in [0.2, 0.25) is 0 Å². The molecule has 80 valence electrons.